The Morgan fingerprint density at radius 2 is 1.88 bits per heavy atom. The summed E-state index contributed by atoms with van der Waals surface area (Å²) < 4.78 is 39.3. The summed E-state index contributed by atoms with van der Waals surface area (Å²) in [6.07, 6.45) is -2.62. The second-order valence-corrected chi connectivity index (χ2v) is 3.37. The quantitative estimate of drug-likeness (QED) is 0.618. The Kier molecular flexibility index (Phi) is 4.81. The number of rotatable bonds is 6. The lowest BCUT2D eigenvalue weighted by atomic mass is 10.1. The molecule has 0 saturated carbocycles. The molecule has 0 aliphatic heterocycles. The number of carbonyl (C=O) groups is 1. The molecule has 1 amide bonds. The van der Waals surface area contributed by atoms with Crippen molar-refractivity contribution in [3.05, 3.63) is 29.8 Å². The molecule has 1 N–H and O–H groups in total. The van der Waals surface area contributed by atoms with Gasteiger partial charge in [-0.25, -0.2) is 0 Å². The van der Waals surface area contributed by atoms with Gasteiger partial charge < -0.3 is 10.1 Å². The average molecular weight is 247 g/mol. The third kappa shape index (κ3) is 5.79. The smallest absolute Gasteiger partial charge is 0.406 e. The molecule has 0 heterocycles. The number of carbonyl (C=O) groups excluding carboxylic acids is 1. The summed E-state index contributed by atoms with van der Waals surface area (Å²) >= 11 is 0. The molecule has 0 saturated heterocycles. The fourth-order valence-corrected chi connectivity index (χ4v) is 1.31. The van der Waals surface area contributed by atoms with E-state index in [9.17, 15) is 18.0 Å². The SMILES string of the molecule is O=CNCCCc1ccc(OC(F)(F)F)cc1. The Hall–Kier alpha value is -1.72. The zero-order valence-corrected chi connectivity index (χ0v) is 8.96. The van der Waals surface area contributed by atoms with Gasteiger partial charge in [0.1, 0.15) is 5.75 Å². The maximum atomic E-state index is 11.9. The lowest BCUT2D eigenvalue weighted by Gasteiger charge is -2.09. The fraction of sp³-hybridized carbons (Fsp3) is 0.364. The molecule has 94 valence electrons. The van der Waals surface area contributed by atoms with Crippen molar-refractivity contribution in [2.45, 2.75) is 19.2 Å². The molecule has 0 aliphatic carbocycles. The summed E-state index contributed by atoms with van der Waals surface area (Å²) in [5.74, 6) is -0.229. The summed E-state index contributed by atoms with van der Waals surface area (Å²) in [5.41, 5.74) is 0.896. The van der Waals surface area contributed by atoms with Crippen molar-refractivity contribution < 1.29 is 22.7 Å². The molecular formula is C11H12F3NO2. The Morgan fingerprint density at radius 1 is 1.24 bits per heavy atom. The van der Waals surface area contributed by atoms with E-state index >= 15 is 0 Å². The van der Waals surface area contributed by atoms with Crippen molar-refractivity contribution in [3.63, 3.8) is 0 Å². The van der Waals surface area contributed by atoms with Crippen LogP contribution in [0.15, 0.2) is 24.3 Å². The van der Waals surface area contributed by atoms with Crippen molar-refractivity contribution in [2.75, 3.05) is 6.54 Å². The van der Waals surface area contributed by atoms with Gasteiger partial charge in [0, 0.05) is 6.54 Å². The van der Waals surface area contributed by atoms with E-state index in [0.717, 1.165) is 12.0 Å². The highest BCUT2D eigenvalue weighted by Gasteiger charge is 2.30. The van der Waals surface area contributed by atoms with Crippen LogP contribution in [0, 0.1) is 0 Å². The Morgan fingerprint density at radius 3 is 2.41 bits per heavy atom. The number of nitrogens with one attached hydrogen (secondary N) is 1. The van der Waals surface area contributed by atoms with Crippen molar-refractivity contribution in [2.24, 2.45) is 0 Å². The van der Waals surface area contributed by atoms with Gasteiger partial charge in [0.15, 0.2) is 0 Å². The second kappa shape index (κ2) is 6.12. The van der Waals surface area contributed by atoms with Crippen LogP contribution >= 0.6 is 0 Å². The second-order valence-electron chi connectivity index (χ2n) is 3.37. The minimum Gasteiger partial charge on any atom is -0.406 e. The minimum absolute atomic E-state index is 0.229. The van der Waals surface area contributed by atoms with Crippen LogP contribution in [0.25, 0.3) is 0 Å². The van der Waals surface area contributed by atoms with Crippen LogP contribution in [0.5, 0.6) is 5.75 Å². The first kappa shape index (κ1) is 13.3. The highest BCUT2D eigenvalue weighted by atomic mass is 19.4. The molecule has 1 aromatic rings. The van der Waals surface area contributed by atoms with Gasteiger partial charge in [-0.2, -0.15) is 0 Å². The van der Waals surface area contributed by atoms with Crippen molar-refractivity contribution in [1.29, 1.82) is 0 Å². The molecule has 6 heteroatoms. The van der Waals surface area contributed by atoms with E-state index < -0.39 is 6.36 Å². The molecule has 0 spiro atoms. The third-order valence-corrected chi connectivity index (χ3v) is 2.03. The molecule has 0 aliphatic rings. The predicted octanol–water partition coefficient (Wildman–Crippen LogP) is 2.26. The van der Waals surface area contributed by atoms with E-state index in [1.165, 1.54) is 12.1 Å². The number of alkyl halides is 3. The number of hydrogen-bond donors (Lipinski definition) is 1. The molecule has 0 aromatic heterocycles. The molecule has 1 aromatic carbocycles. The van der Waals surface area contributed by atoms with E-state index in [4.69, 9.17) is 0 Å². The van der Waals surface area contributed by atoms with Crippen LogP contribution in [0.4, 0.5) is 13.2 Å². The van der Waals surface area contributed by atoms with E-state index in [-0.39, 0.29) is 5.75 Å². The largest absolute Gasteiger partial charge is 0.573 e. The van der Waals surface area contributed by atoms with E-state index in [1.54, 1.807) is 12.1 Å². The van der Waals surface area contributed by atoms with Crippen molar-refractivity contribution in [1.82, 2.24) is 5.32 Å². The molecule has 0 unspecified atom stereocenters. The fourth-order valence-electron chi connectivity index (χ4n) is 1.31. The molecule has 0 fully saturated rings. The van der Waals surface area contributed by atoms with E-state index in [2.05, 4.69) is 10.1 Å². The van der Waals surface area contributed by atoms with Gasteiger partial charge in [0.2, 0.25) is 6.41 Å². The molecule has 0 radical (unpaired) electrons. The monoisotopic (exact) mass is 247 g/mol. The maximum Gasteiger partial charge on any atom is 0.573 e. The standard InChI is InChI=1S/C11H12F3NO2/c12-11(13,14)17-10-5-3-9(4-6-10)2-1-7-15-8-16/h3-6,8H,1-2,7H2,(H,15,16). The first-order valence-electron chi connectivity index (χ1n) is 5.03. The highest BCUT2D eigenvalue weighted by Crippen LogP contribution is 2.22. The first-order chi connectivity index (χ1) is 8.01. The van der Waals surface area contributed by atoms with Crippen molar-refractivity contribution in [3.8, 4) is 5.75 Å². The topological polar surface area (TPSA) is 38.3 Å². The van der Waals surface area contributed by atoms with Crippen LogP contribution in [-0.2, 0) is 11.2 Å². The zero-order valence-electron chi connectivity index (χ0n) is 8.96. The molecular weight excluding hydrogens is 235 g/mol. The van der Waals surface area contributed by atoms with Gasteiger partial charge in [-0.05, 0) is 30.5 Å². The van der Waals surface area contributed by atoms with E-state index in [0.29, 0.717) is 19.4 Å². The van der Waals surface area contributed by atoms with Crippen LogP contribution in [-0.4, -0.2) is 19.3 Å². The zero-order chi connectivity index (χ0) is 12.7. The number of ether oxygens (including phenoxy) is 1. The number of amides is 1. The van der Waals surface area contributed by atoms with Crippen LogP contribution in [0.1, 0.15) is 12.0 Å². The third-order valence-electron chi connectivity index (χ3n) is 2.03. The van der Waals surface area contributed by atoms with Crippen LogP contribution < -0.4 is 10.1 Å². The van der Waals surface area contributed by atoms with Gasteiger partial charge in [-0.3, -0.25) is 4.79 Å². The normalized spacial score (nSPS) is 11.0. The van der Waals surface area contributed by atoms with Crippen LogP contribution in [0.3, 0.4) is 0 Å². The summed E-state index contributed by atoms with van der Waals surface area (Å²) in [7, 11) is 0. The number of aryl methyl sites for hydroxylation is 1. The lowest BCUT2D eigenvalue weighted by Crippen LogP contribution is -2.17. The highest BCUT2D eigenvalue weighted by molar-refractivity contribution is 5.45. The summed E-state index contributed by atoms with van der Waals surface area (Å²) in [6.45, 7) is 0.546. The molecule has 17 heavy (non-hydrogen) atoms. The maximum absolute atomic E-state index is 11.9. The Bertz CT molecular complexity index is 349. The molecule has 3 nitrogen and oxygen atoms in total. The molecule has 1 rings (SSSR count). The number of hydrogen-bond acceptors (Lipinski definition) is 2. The summed E-state index contributed by atoms with van der Waals surface area (Å²) in [6, 6.07) is 5.69. The first-order valence-corrected chi connectivity index (χ1v) is 5.03. The van der Waals surface area contributed by atoms with Crippen LogP contribution in [0.2, 0.25) is 0 Å². The van der Waals surface area contributed by atoms with E-state index in [1.807, 2.05) is 0 Å². The van der Waals surface area contributed by atoms with Gasteiger partial charge in [0.25, 0.3) is 0 Å². The van der Waals surface area contributed by atoms with Gasteiger partial charge in [-0.1, -0.05) is 12.1 Å². The lowest BCUT2D eigenvalue weighted by molar-refractivity contribution is -0.274. The predicted molar refractivity (Wildman–Crippen MR) is 55.5 cm³/mol. The summed E-state index contributed by atoms with van der Waals surface area (Å²) in [5, 5.41) is 2.51. The van der Waals surface area contributed by atoms with Gasteiger partial charge >= 0.3 is 6.36 Å². The van der Waals surface area contributed by atoms with Crippen molar-refractivity contribution >= 4 is 6.41 Å². The molecule has 0 atom stereocenters. The summed E-state index contributed by atoms with van der Waals surface area (Å²) in [4.78, 5) is 9.96. The number of halogens is 3. The minimum atomic E-state index is -4.66. The average Bonchev–Trinajstić information content (AvgIpc) is 2.25. The van der Waals surface area contributed by atoms with Gasteiger partial charge in [-0.15, -0.1) is 13.2 Å². The Labute approximate surface area is 96.6 Å². The number of benzene rings is 1. The Balaban J connectivity index is 2.42. The molecule has 0 bridgehead atoms. The van der Waals surface area contributed by atoms with Gasteiger partial charge in [0.05, 0.1) is 0 Å².